The summed E-state index contributed by atoms with van der Waals surface area (Å²) in [6.07, 6.45) is 13.1. The van der Waals surface area contributed by atoms with Crippen LogP contribution >= 0.6 is 0 Å². The van der Waals surface area contributed by atoms with Crippen LogP contribution in [-0.2, 0) is 4.79 Å². The normalized spacial score (nSPS) is 11.0. The van der Waals surface area contributed by atoms with Gasteiger partial charge in [-0.3, -0.25) is 14.8 Å². The number of hydroxylamine groups is 2. The van der Waals surface area contributed by atoms with Crippen molar-refractivity contribution >= 4 is 18.0 Å². The van der Waals surface area contributed by atoms with Crippen LogP contribution in [0, 0.1) is 0 Å². The molecule has 0 aliphatic rings. The van der Waals surface area contributed by atoms with Crippen molar-refractivity contribution < 1.29 is 19.9 Å². The molecule has 0 unspecified atom stereocenters. The number of rotatable bonds is 13. The molecule has 1 aromatic rings. The van der Waals surface area contributed by atoms with E-state index in [1.807, 2.05) is 18.2 Å². The van der Waals surface area contributed by atoms with Gasteiger partial charge >= 0.3 is 5.97 Å². The molecular weight excluding hydrogens is 330 g/mol. The lowest BCUT2D eigenvalue weighted by molar-refractivity contribution is -0.137. The van der Waals surface area contributed by atoms with Crippen molar-refractivity contribution in [3.63, 3.8) is 0 Å². The summed E-state index contributed by atoms with van der Waals surface area (Å²) in [6.45, 7) is 2.23. The van der Waals surface area contributed by atoms with E-state index in [-0.39, 0.29) is 19.4 Å². The molecule has 0 aromatic heterocycles. The fourth-order valence-corrected chi connectivity index (χ4v) is 2.63. The van der Waals surface area contributed by atoms with E-state index >= 15 is 0 Å². The Morgan fingerprint density at radius 2 is 1.65 bits per heavy atom. The Morgan fingerprint density at radius 3 is 2.31 bits per heavy atom. The summed E-state index contributed by atoms with van der Waals surface area (Å²) >= 11 is 0. The predicted molar refractivity (Wildman–Crippen MR) is 103 cm³/mol. The summed E-state index contributed by atoms with van der Waals surface area (Å²) in [7, 11) is 0. The van der Waals surface area contributed by atoms with Gasteiger partial charge in [0.2, 0.25) is 0 Å². The summed E-state index contributed by atoms with van der Waals surface area (Å²) in [5.41, 5.74) is 1.40. The number of hydrogen-bond acceptors (Lipinski definition) is 3. The molecule has 0 heterocycles. The standard InChI is InChI=1S/C21H31NO4/c1-2-3-4-5-6-7-8-9-11-18-13-15-19(16-14-18)21(25)22(26)17-10-12-20(23)24/h9,11,13-16,26H,2-8,10,12,17H2,1H3,(H,23,24). The molecule has 1 rings (SSSR count). The largest absolute Gasteiger partial charge is 0.481 e. The molecule has 0 saturated heterocycles. The lowest BCUT2D eigenvalue weighted by Crippen LogP contribution is -2.28. The molecule has 0 radical (unpaired) electrons. The molecule has 5 nitrogen and oxygen atoms in total. The van der Waals surface area contributed by atoms with Gasteiger partial charge < -0.3 is 5.11 Å². The Morgan fingerprint density at radius 1 is 1.00 bits per heavy atom. The molecule has 0 fully saturated rings. The minimum atomic E-state index is -0.942. The monoisotopic (exact) mass is 361 g/mol. The molecule has 0 spiro atoms. The minimum Gasteiger partial charge on any atom is -0.481 e. The molecule has 0 aliphatic heterocycles. The molecule has 2 N–H and O–H groups in total. The van der Waals surface area contributed by atoms with Crippen LogP contribution in [0.25, 0.3) is 6.08 Å². The van der Waals surface area contributed by atoms with Crippen molar-refractivity contribution in [1.82, 2.24) is 5.06 Å². The molecular formula is C21H31NO4. The van der Waals surface area contributed by atoms with E-state index in [2.05, 4.69) is 13.0 Å². The van der Waals surface area contributed by atoms with Crippen LogP contribution in [-0.4, -0.2) is 33.8 Å². The fraction of sp³-hybridized carbons (Fsp3) is 0.524. The lowest BCUT2D eigenvalue weighted by Gasteiger charge is -2.14. The average molecular weight is 361 g/mol. The van der Waals surface area contributed by atoms with E-state index in [1.165, 1.54) is 38.5 Å². The van der Waals surface area contributed by atoms with Gasteiger partial charge in [-0.15, -0.1) is 0 Å². The van der Waals surface area contributed by atoms with Crippen molar-refractivity contribution in [2.75, 3.05) is 6.54 Å². The van der Waals surface area contributed by atoms with Crippen LogP contribution < -0.4 is 0 Å². The predicted octanol–water partition coefficient (Wildman–Crippen LogP) is 5.15. The summed E-state index contributed by atoms with van der Waals surface area (Å²) in [4.78, 5) is 22.5. The molecule has 1 aromatic carbocycles. The van der Waals surface area contributed by atoms with E-state index in [0.29, 0.717) is 10.6 Å². The van der Waals surface area contributed by atoms with Gasteiger partial charge in [0.15, 0.2) is 0 Å². The molecule has 0 aliphatic carbocycles. The summed E-state index contributed by atoms with van der Waals surface area (Å²) in [6, 6.07) is 7.03. The minimum absolute atomic E-state index is 0.00500. The smallest absolute Gasteiger partial charge is 0.303 e. The Labute approximate surface area is 156 Å². The van der Waals surface area contributed by atoms with Gasteiger partial charge in [0.05, 0.1) is 0 Å². The van der Waals surface area contributed by atoms with Crippen molar-refractivity contribution in [2.45, 2.75) is 64.7 Å². The van der Waals surface area contributed by atoms with Gasteiger partial charge in [0.25, 0.3) is 5.91 Å². The molecule has 1 amide bonds. The van der Waals surface area contributed by atoms with Gasteiger partial charge in [0.1, 0.15) is 0 Å². The number of benzene rings is 1. The number of carboxylic acids is 1. The Balaban J connectivity index is 2.34. The second kappa shape index (κ2) is 13.1. The summed E-state index contributed by atoms with van der Waals surface area (Å²) < 4.78 is 0. The quantitative estimate of drug-likeness (QED) is 0.289. The second-order valence-electron chi connectivity index (χ2n) is 6.51. The highest BCUT2D eigenvalue weighted by Gasteiger charge is 2.13. The number of carboxylic acid groups (broad SMARTS) is 1. The third-order valence-corrected chi connectivity index (χ3v) is 4.19. The first-order valence-corrected chi connectivity index (χ1v) is 9.53. The summed E-state index contributed by atoms with van der Waals surface area (Å²) in [5.74, 6) is -1.46. The highest BCUT2D eigenvalue weighted by molar-refractivity contribution is 5.93. The van der Waals surface area contributed by atoms with E-state index in [0.717, 1.165) is 12.0 Å². The van der Waals surface area contributed by atoms with Gasteiger partial charge in [-0.2, -0.15) is 0 Å². The molecule has 0 atom stereocenters. The first-order valence-electron chi connectivity index (χ1n) is 9.53. The van der Waals surface area contributed by atoms with E-state index in [1.54, 1.807) is 12.1 Å². The number of allylic oxidation sites excluding steroid dienone is 1. The van der Waals surface area contributed by atoms with Gasteiger partial charge in [-0.05, 0) is 37.0 Å². The zero-order valence-corrected chi connectivity index (χ0v) is 15.7. The number of nitrogens with zero attached hydrogens (tertiary/aromatic N) is 1. The highest BCUT2D eigenvalue weighted by atomic mass is 16.5. The molecule has 144 valence electrons. The molecule has 26 heavy (non-hydrogen) atoms. The van der Waals surface area contributed by atoms with Crippen molar-refractivity contribution in [3.05, 3.63) is 41.5 Å². The van der Waals surface area contributed by atoms with Crippen molar-refractivity contribution in [3.8, 4) is 0 Å². The highest BCUT2D eigenvalue weighted by Crippen LogP contribution is 2.11. The van der Waals surface area contributed by atoms with Gasteiger partial charge in [-0.1, -0.05) is 63.3 Å². The SMILES string of the molecule is CCCCCCCCC=Cc1ccc(C(=O)N(O)CCCC(=O)O)cc1. The maximum atomic E-state index is 12.0. The van der Waals surface area contributed by atoms with Gasteiger partial charge in [-0.25, -0.2) is 5.06 Å². The van der Waals surface area contributed by atoms with Crippen LogP contribution in [0.15, 0.2) is 30.3 Å². The number of hydrogen-bond donors (Lipinski definition) is 2. The van der Waals surface area contributed by atoms with E-state index in [4.69, 9.17) is 5.11 Å². The van der Waals surface area contributed by atoms with Crippen LogP contribution in [0.3, 0.4) is 0 Å². The topological polar surface area (TPSA) is 77.8 Å². The zero-order valence-electron chi connectivity index (χ0n) is 15.7. The number of carbonyl (C=O) groups excluding carboxylic acids is 1. The fourth-order valence-electron chi connectivity index (χ4n) is 2.63. The third-order valence-electron chi connectivity index (χ3n) is 4.19. The Hall–Kier alpha value is -2.14. The zero-order chi connectivity index (χ0) is 19.2. The summed E-state index contributed by atoms with van der Waals surface area (Å²) in [5, 5.41) is 18.9. The molecule has 0 bridgehead atoms. The first kappa shape index (κ1) is 21.9. The van der Waals surface area contributed by atoms with Crippen LogP contribution in [0.5, 0.6) is 0 Å². The van der Waals surface area contributed by atoms with Gasteiger partial charge in [0, 0.05) is 18.5 Å². The third kappa shape index (κ3) is 9.37. The number of amides is 1. The van der Waals surface area contributed by atoms with Crippen LogP contribution in [0.4, 0.5) is 0 Å². The van der Waals surface area contributed by atoms with E-state index in [9.17, 15) is 14.8 Å². The maximum Gasteiger partial charge on any atom is 0.303 e. The second-order valence-corrected chi connectivity index (χ2v) is 6.51. The van der Waals surface area contributed by atoms with Crippen LogP contribution in [0.2, 0.25) is 0 Å². The molecule has 5 heteroatoms. The number of carbonyl (C=O) groups is 2. The maximum absolute atomic E-state index is 12.0. The number of unbranched alkanes of at least 4 members (excludes halogenated alkanes) is 6. The van der Waals surface area contributed by atoms with Crippen LogP contribution in [0.1, 0.15) is 80.6 Å². The number of aliphatic carboxylic acids is 1. The lowest BCUT2D eigenvalue weighted by atomic mass is 10.1. The Bertz CT molecular complexity index is 566. The molecule has 0 saturated carbocycles. The van der Waals surface area contributed by atoms with Crippen molar-refractivity contribution in [2.24, 2.45) is 0 Å². The van der Waals surface area contributed by atoms with E-state index < -0.39 is 11.9 Å². The van der Waals surface area contributed by atoms with Crippen molar-refractivity contribution in [1.29, 1.82) is 0 Å². The average Bonchev–Trinajstić information content (AvgIpc) is 2.63. The first-order chi connectivity index (χ1) is 12.5. The Kier molecular flexibility index (Phi) is 11.0.